The van der Waals surface area contributed by atoms with E-state index < -0.39 is 10.0 Å². The zero-order valence-corrected chi connectivity index (χ0v) is 12.2. The number of benzene rings is 1. The Kier molecular flexibility index (Phi) is 5.18. The van der Waals surface area contributed by atoms with Crippen molar-refractivity contribution in [3.05, 3.63) is 29.8 Å². The lowest BCUT2D eigenvalue weighted by molar-refractivity contribution is 0.412. The fourth-order valence-electron chi connectivity index (χ4n) is 2.38. The third kappa shape index (κ3) is 4.07. The van der Waals surface area contributed by atoms with E-state index in [1.54, 1.807) is 24.3 Å². The summed E-state index contributed by atoms with van der Waals surface area (Å²) in [6, 6.07) is 6.67. The van der Waals surface area contributed by atoms with Gasteiger partial charge in [-0.15, -0.1) is 0 Å². The highest BCUT2D eigenvalue weighted by Gasteiger charge is 2.21. The Bertz CT molecular complexity index is 591. The minimum Gasteiger partial charge on any atom is -0.320 e. The van der Waals surface area contributed by atoms with Crippen LogP contribution in [0, 0.1) is 11.8 Å². The van der Waals surface area contributed by atoms with Crippen molar-refractivity contribution in [3.63, 3.8) is 0 Å². The molecule has 20 heavy (non-hydrogen) atoms. The number of hydrogen-bond acceptors (Lipinski definition) is 3. The van der Waals surface area contributed by atoms with Crippen LogP contribution >= 0.6 is 0 Å². The molecule has 0 bridgehead atoms. The largest absolute Gasteiger partial charge is 0.320 e. The molecule has 5 heteroatoms. The second kappa shape index (κ2) is 6.89. The highest BCUT2D eigenvalue weighted by Crippen LogP contribution is 2.20. The monoisotopic (exact) mass is 292 g/mol. The number of nitrogens with two attached hydrogens (primary N) is 1. The van der Waals surface area contributed by atoms with Gasteiger partial charge in [0.2, 0.25) is 10.0 Å². The van der Waals surface area contributed by atoms with Gasteiger partial charge in [0, 0.05) is 11.6 Å². The maximum atomic E-state index is 12.3. The molecule has 2 rings (SSSR count). The average Bonchev–Trinajstić information content (AvgIpc) is 2.46. The number of hydrogen-bond donors (Lipinski definition) is 2. The molecule has 1 saturated carbocycles. The first-order valence-corrected chi connectivity index (χ1v) is 8.41. The summed E-state index contributed by atoms with van der Waals surface area (Å²) < 4.78 is 27.3. The molecule has 0 amide bonds. The van der Waals surface area contributed by atoms with Crippen molar-refractivity contribution < 1.29 is 8.42 Å². The zero-order chi connectivity index (χ0) is 14.4. The van der Waals surface area contributed by atoms with E-state index in [1.807, 2.05) is 0 Å². The van der Waals surface area contributed by atoms with Crippen LogP contribution in [0.25, 0.3) is 0 Å². The molecule has 0 aromatic heterocycles. The molecule has 1 aliphatic carbocycles. The lowest BCUT2D eigenvalue weighted by Gasteiger charge is -2.22. The normalized spacial score (nSPS) is 16.4. The van der Waals surface area contributed by atoms with Crippen molar-refractivity contribution in [3.8, 4) is 11.8 Å². The first kappa shape index (κ1) is 15.0. The number of rotatable bonds is 3. The highest BCUT2D eigenvalue weighted by atomic mass is 32.2. The zero-order valence-electron chi connectivity index (χ0n) is 11.4. The Morgan fingerprint density at radius 3 is 2.40 bits per heavy atom. The van der Waals surface area contributed by atoms with Gasteiger partial charge >= 0.3 is 0 Å². The van der Waals surface area contributed by atoms with Gasteiger partial charge in [0.05, 0.1) is 11.4 Å². The summed E-state index contributed by atoms with van der Waals surface area (Å²) in [6.45, 7) is 0.295. The molecule has 4 nitrogen and oxygen atoms in total. The predicted molar refractivity (Wildman–Crippen MR) is 79.6 cm³/mol. The van der Waals surface area contributed by atoms with E-state index in [0.717, 1.165) is 31.2 Å². The Morgan fingerprint density at radius 1 is 1.15 bits per heavy atom. The van der Waals surface area contributed by atoms with Gasteiger partial charge in [0.25, 0.3) is 0 Å². The van der Waals surface area contributed by atoms with Gasteiger partial charge < -0.3 is 5.73 Å². The van der Waals surface area contributed by atoms with Crippen LogP contribution < -0.4 is 10.5 Å². The minimum atomic E-state index is -3.42. The van der Waals surface area contributed by atoms with Crippen LogP contribution in [0.5, 0.6) is 0 Å². The summed E-state index contributed by atoms with van der Waals surface area (Å²) in [4.78, 5) is 0.293. The van der Waals surface area contributed by atoms with E-state index >= 15 is 0 Å². The van der Waals surface area contributed by atoms with Crippen LogP contribution in [0.1, 0.15) is 37.7 Å². The lowest BCUT2D eigenvalue weighted by atomic mass is 9.96. The molecular formula is C15H20N2O2S. The second-order valence-corrected chi connectivity index (χ2v) is 6.70. The quantitative estimate of drug-likeness (QED) is 0.831. The van der Waals surface area contributed by atoms with Crippen molar-refractivity contribution in [1.82, 2.24) is 4.72 Å². The van der Waals surface area contributed by atoms with Crippen LogP contribution in [-0.4, -0.2) is 21.0 Å². The van der Waals surface area contributed by atoms with Crippen LogP contribution in [0.4, 0.5) is 0 Å². The third-order valence-corrected chi connectivity index (χ3v) is 4.96. The smallest absolute Gasteiger partial charge is 0.240 e. The van der Waals surface area contributed by atoms with Gasteiger partial charge in [0.1, 0.15) is 0 Å². The Balaban J connectivity index is 2.08. The van der Waals surface area contributed by atoms with Crippen LogP contribution in [0.3, 0.4) is 0 Å². The molecule has 1 fully saturated rings. The maximum absolute atomic E-state index is 12.3. The van der Waals surface area contributed by atoms with Gasteiger partial charge in [-0.05, 0) is 37.1 Å². The molecule has 1 aromatic rings. The minimum absolute atomic E-state index is 0.0745. The van der Waals surface area contributed by atoms with Crippen molar-refractivity contribution >= 4 is 10.0 Å². The van der Waals surface area contributed by atoms with Crippen molar-refractivity contribution in [2.45, 2.75) is 43.0 Å². The van der Waals surface area contributed by atoms with E-state index in [1.165, 1.54) is 6.42 Å². The summed E-state index contributed by atoms with van der Waals surface area (Å²) in [5.74, 6) is 5.62. The fourth-order valence-corrected chi connectivity index (χ4v) is 3.68. The van der Waals surface area contributed by atoms with Gasteiger partial charge in [-0.1, -0.05) is 31.1 Å². The summed E-state index contributed by atoms with van der Waals surface area (Å²) in [6.07, 6.45) is 5.26. The summed E-state index contributed by atoms with van der Waals surface area (Å²) >= 11 is 0. The van der Waals surface area contributed by atoms with E-state index in [4.69, 9.17) is 5.73 Å². The van der Waals surface area contributed by atoms with Gasteiger partial charge in [-0.25, -0.2) is 13.1 Å². The molecule has 0 aliphatic heterocycles. The van der Waals surface area contributed by atoms with Crippen LogP contribution in [-0.2, 0) is 10.0 Å². The maximum Gasteiger partial charge on any atom is 0.240 e. The molecular weight excluding hydrogens is 272 g/mol. The average molecular weight is 292 g/mol. The van der Waals surface area contributed by atoms with Gasteiger partial charge in [-0.3, -0.25) is 0 Å². The summed E-state index contributed by atoms with van der Waals surface area (Å²) in [7, 11) is -3.42. The van der Waals surface area contributed by atoms with Gasteiger partial charge in [-0.2, -0.15) is 0 Å². The van der Waals surface area contributed by atoms with E-state index in [0.29, 0.717) is 11.4 Å². The second-order valence-electron chi connectivity index (χ2n) is 4.99. The molecule has 0 atom stereocenters. The summed E-state index contributed by atoms with van der Waals surface area (Å²) in [5.41, 5.74) is 6.07. The first-order chi connectivity index (χ1) is 9.62. The van der Waals surface area contributed by atoms with Crippen molar-refractivity contribution in [1.29, 1.82) is 0 Å². The molecule has 108 valence electrons. The Labute approximate surface area is 120 Å². The lowest BCUT2D eigenvalue weighted by Crippen LogP contribution is -2.36. The molecule has 0 saturated heterocycles. The Hall–Kier alpha value is -1.35. The molecule has 3 N–H and O–H groups in total. The topological polar surface area (TPSA) is 72.2 Å². The van der Waals surface area contributed by atoms with Crippen LogP contribution in [0.2, 0.25) is 0 Å². The number of sulfonamides is 1. The number of nitrogens with one attached hydrogen (secondary N) is 1. The molecule has 1 aromatic carbocycles. The fraction of sp³-hybridized carbons (Fsp3) is 0.467. The summed E-state index contributed by atoms with van der Waals surface area (Å²) in [5, 5.41) is 0. The molecule has 1 aliphatic rings. The van der Waals surface area contributed by atoms with Crippen LogP contribution in [0.15, 0.2) is 29.2 Å². The third-order valence-electron chi connectivity index (χ3n) is 3.43. The van der Waals surface area contributed by atoms with Crippen molar-refractivity contribution in [2.24, 2.45) is 5.73 Å². The predicted octanol–water partition coefficient (Wildman–Crippen LogP) is 1.61. The SMILES string of the molecule is NCC#Cc1ccc(S(=O)(=O)NC2CCCCC2)cc1. The molecule has 0 spiro atoms. The first-order valence-electron chi connectivity index (χ1n) is 6.93. The standard InChI is InChI=1S/C15H20N2O2S/c16-12-4-5-13-8-10-15(11-9-13)20(18,19)17-14-6-2-1-3-7-14/h8-11,14,17H,1-3,6-7,12,16H2. The van der Waals surface area contributed by atoms with E-state index in [2.05, 4.69) is 16.6 Å². The van der Waals surface area contributed by atoms with E-state index in [-0.39, 0.29) is 6.04 Å². The van der Waals surface area contributed by atoms with Gasteiger partial charge in [0.15, 0.2) is 0 Å². The molecule has 0 unspecified atom stereocenters. The molecule has 0 radical (unpaired) electrons. The van der Waals surface area contributed by atoms with E-state index in [9.17, 15) is 8.42 Å². The Morgan fingerprint density at radius 2 is 1.80 bits per heavy atom. The highest BCUT2D eigenvalue weighted by molar-refractivity contribution is 7.89. The van der Waals surface area contributed by atoms with Crippen molar-refractivity contribution in [2.75, 3.05) is 6.54 Å². The molecule has 0 heterocycles.